The minimum Gasteiger partial charge on any atom is -0.351 e. The Balaban J connectivity index is 1.77. The van der Waals surface area contributed by atoms with Gasteiger partial charge in [0.15, 0.2) is 5.16 Å². The van der Waals surface area contributed by atoms with Gasteiger partial charge in [0.05, 0.1) is 4.90 Å². The van der Waals surface area contributed by atoms with E-state index in [1.54, 1.807) is 12.1 Å². The maximum Gasteiger partial charge on any atom is 0.238 e. The lowest BCUT2D eigenvalue weighted by molar-refractivity contribution is -0.120. The van der Waals surface area contributed by atoms with Crippen molar-refractivity contribution in [3.05, 3.63) is 83.2 Å². The molecular weight excluding hydrogens is 420 g/mol. The SMILES string of the molecule is Cc1cc(C)nc(SC(C(=O)NCc2ccc(S(N)(=O)=O)cc2)c2ccccc2)n1. The Kier molecular flexibility index (Phi) is 6.86. The summed E-state index contributed by atoms with van der Waals surface area (Å²) in [7, 11) is -3.75. The van der Waals surface area contributed by atoms with Crippen LogP contribution >= 0.6 is 11.8 Å². The molecule has 0 aliphatic heterocycles. The number of nitrogens with two attached hydrogens (primary N) is 1. The third-order valence-electron chi connectivity index (χ3n) is 4.24. The smallest absolute Gasteiger partial charge is 0.238 e. The first-order valence-corrected chi connectivity index (χ1v) is 11.6. The second-order valence-corrected chi connectivity index (χ2v) is 9.38. The first-order chi connectivity index (χ1) is 14.2. The summed E-state index contributed by atoms with van der Waals surface area (Å²) in [5, 5.41) is 8.03. The molecule has 0 spiro atoms. The van der Waals surface area contributed by atoms with Crippen LogP contribution in [0.4, 0.5) is 0 Å². The van der Waals surface area contributed by atoms with Crippen LogP contribution in [0.1, 0.15) is 27.8 Å². The number of nitrogens with one attached hydrogen (secondary N) is 1. The summed E-state index contributed by atoms with van der Waals surface area (Å²) in [6.45, 7) is 4.03. The number of aryl methyl sites for hydroxylation is 2. The van der Waals surface area contributed by atoms with Crippen LogP contribution in [-0.4, -0.2) is 24.3 Å². The molecule has 0 aliphatic rings. The molecule has 3 aromatic rings. The number of sulfonamides is 1. The number of rotatable bonds is 7. The number of thioether (sulfide) groups is 1. The fourth-order valence-electron chi connectivity index (χ4n) is 2.83. The molecule has 3 N–H and O–H groups in total. The van der Waals surface area contributed by atoms with E-state index in [9.17, 15) is 13.2 Å². The zero-order chi connectivity index (χ0) is 21.7. The summed E-state index contributed by atoms with van der Waals surface area (Å²) < 4.78 is 22.7. The zero-order valence-electron chi connectivity index (χ0n) is 16.6. The van der Waals surface area contributed by atoms with E-state index in [2.05, 4.69) is 15.3 Å². The fraction of sp³-hybridized carbons (Fsp3) is 0.190. The molecule has 0 bridgehead atoms. The highest BCUT2D eigenvalue weighted by molar-refractivity contribution is 8.00. The molecule has 1 atom stereocenters. The first kappa shape index (κ1) is 21.9. The zero-order valence-corrected chi connectivity index (χ0v) is 18.2. The third kappa shape index (κ3) is 5.88. The maximum absolute atomic E-state index is 13.0. The molecule has 2 aromatic carbocycles. The van der Waals surface area contributed by atoms with Crippen molar-refractivity contribution in [3.8, 4) is 0 Å². The van der Waals surface area contributed by atoms with Gasteiger partial charge in [-0.1, -0.05) is 54.2 Å². The highest BCUT2D eigenvalue weighted by Gasteiger charge is 2.23. The van der Waals surface area contributed by atoms with E-state index < -0.39 is 15.3 Å². The van der Waals surface area contributed by atoms with Crippen LogP contribution in [0.15, 0.2) is 70.7 Å². The molecule has 0 aliphatic carbocycles. The van der Waals surface area contributed by atoms with Gasteiger partial charge < -0.3 is 5.32 Å². The maximum atomic E-state index is 13.0. The van der Waals surface area contributed by atoms with E-state index in [0.717, 1.165) is 22.5 Å². The van der Waals surface area contributed by atoms with Gasteiger partial charge in [-0.05, 0) is 43.2 Å². The van der Waals surface area contributed by atoms with E-state index in [4.69, 9.17) is 5.14 Å². The van der Waals surface area contributed by atoms with Crippen LogP contribution in [0.2, 0.25) is 0 Å². The van der Waals surface area contributed by atoms with Gasteiger partial charge in [-0.3, -0.25) is 4.79 Å². The standard InChI is InChI=1S/C21H22N4O3S2/c1-14-12-15(2)25-21(24-14)29-19(17-6-4-3-5-7-17)20(26)23-13-16-8-10-18(11-9-16)30(22,27)28/h3-12,19H,13H2,1-2H3,(H,23,26)(H2,22,27,28). The van der Waals surface area contributed by atoms with Crippen LogP contribution in [0.3, 0.4) is 0 Å². The number of benzene rings is 2. The van der Waals surface area contributed by atoms with Crippen molar-refractivity contribution in [2.24, 2.45) is 5.14 Å². The summed E-state index contributed by atoms with van der Waals surface area (Å²) in [6, 6.07) is 17.4. The van der Waals surface area contributed by atoms with Crippen LogP contribution in [0, 0.1) is 13.8 Å². The Morgan fingerprint density at radius 2 is 1.63 bits per heavy atom. The quantitative estimate of drug-likeness (QED) is 0.429. The molecule has 0 radical (unpaired) electrons. The molecule has 0 saturated carbocycles. The van der Waals surface area contributed by atoms with E-state index >= 15 is 0 Å². The van der Waals surface area contributed by atoms with Crippen molar-refractivity contribution in [1.29, 1.82) is 0 Å². The highest BCUT2D eigenvalue weighted by Crippen LogP contribution is 2.33. The summed E-state index contributed by atoms with van der Waals surface area (Å²) in [5.74, 6) is -0.190. The minimum atomic E-state index is -3.75. The van der Waals surface area contributed by atoms with Crippen LogP contribution in [-0.2, 0) is 21.4 Å². The van der Waals surface area contributed by atoms with Gasteiger partial charge in [-0.25, -0.2) is 23.5 Å². The number of aromatic nitrogens is 2. The number of primary sulfonamides is 1. The van der Waals surface area contributed by atoms with Gasteiger partial charge in [-0.15, -0.1) is 0 Å². The lowest BCUT2D eigenvalue weighted by atomic mass is 10.1. The topological polar surface area (TPSA) is 115 Å². The van der Waals surface area contributed by atoms with Crippen molar-refractivity contribution in [3.63, 3.8) is 0 Å². The number of hydrogen-bond donors (Lipinski definition) is 2. The normalized spacial score (nSPS) is 12.4. The Morgan fingerprint density at radius 1 is 1.03 bits per heavy atom. The van der Waals surface area contributed by atoms with E-state index in [0.29, 0.717) is 5.16 Å². The first-order valence-electron chi connectivity index (χ1n) is 9.16. The van der Waals surface area contributed by atoms with Crippen molar-refractivity contribution < 1.29 is 13.2 Å². The van der Waals surface area contributed by atoms with Crippen molar-refractivity contribution in [1.82, 2.24) is 15.3 Å². The Morgan fingerprint density at radius 3 is 2.20 bits per heavy atom. The Labute approximate surface area is 180 Å². The van der Waals surface area contributed by atoms with E-state index in [-0.39, 0.29) is 17.3 Å². The molecular formula is C21H22N4O3S2. The van der Waals surface area contributed by atoms with Crippen LogP contribution in [0.25, 0.3) is 0 Å². The largest absolute Gasteiger partial charge is 0.351 e. The average molecular weight is 443 g/mol. The monoisotopic (exact) mass is 442 g/mol. The number of amides is 1. The van der Waals surface area contributed by atoms with Gasteiger partial charge in [-0.2, -0.15) is 0 Å². The average Bonchev–Trinajstić information content (AvgIpc) is 2.70. The van der Waals surface area contributed by atoms with Gasteiger partial charge in [0, 0.05) is 17.9 Å². The molecule has 30 heavy (non-hydrogen) atoms. The van der Waals surface area contributed by atoms with Crippen molar-refractivity contribution >= 4 is 27.7 Å². The predicted molar refractivity (Wildman–Crippen MR) is 116 cm³/mol. The molecule has 1 aromatic heterocycles. The van der Waals surface area contributed by atoms with Gasteiger partial charge in [0.1, 0.15) is 5.25 Å². The second kappa shape index (κ2) is 9.38. The summed E-state index contributed by atoms with van der Waals surface area (Å²) in [6.07, 6.45) is 0. The molecule has 9 heteroatoms. The van der Waals surface area contributed by atoms with E-state index in [1.807, 2.05) is 50.2 Å². The van der Waals surface area contributed by atoms with Gasteiger partial charge in [0.25, 0.3) is 0 Å². The summed E-state index contributed by atoms with van der Waals surface area (Å²) >= 11 is 1.29. The lowest BCUT2D eigenvalue weighted by Crippen LogP contribution is -2.27. The second-order valence-electron chi connectivity index (χ2n) is 6.75. The minimum absolute atomic E-state index is 0.0299. The Bertz CT molecular complexity index is 1110. The molecule has 7 nitrogen and oxygen atoms in total. The highest BCUT2D eigenvalue weighted by atomic mass is 32.2. The molecule has 156 valence electrons. The third-order valence-corrected chi connectivity index (χ3v) is 6.29. The number of nitrogens with zero attached hydrogens (tertiary/aromatic N) is 2. The molecule has 1 heterocycles. The molecule has 0 saturated heterocycles. The van der Waals surface area contributed by atoms with Crippen molar-refractivity contribution in [2.75, 3.05) is 0 Å². The van der Waals surface area contributed by atoms with Gasteiger partial charge >= 0.3 is 0 Å². The molecule has 0 fully saturated rings. The van der Waals surface area contributed by atoms with Crippen molar-refractivity contribution in [2.45, 2.75) is 35.7 Å². The van der Waals surface area contributed by atoms with E-state index in [1.165, 1.54) is 23.9 Å². The number of hydrogen-bond acceptors (Lipinski definition) is 6. The van der Waals surface area contributed by atoms with Gasteiger partial charge in [0.2, 0.25) is 15.9 Å². The lowest BCUT2D eigenvalue weighted by Gasteiger charge is -2.17. The Hall–Kier alpha value is -2.75. The number of carbonyl (C=O) groups is 1. The van der Waals surface area contributed by atoms with Crippen LogP contribution < -0.4 is 10.5 Å². The summed E-state index contributed by atoms with van der Waals surface area (Å²) in [4.78, 5) is 21.9. The summed E-state index contributed by atoms with van der Waals surface area (Å²) in [5.41, 5.74) is 3.28. The molecule has 1 amide bonds. The van der Waals surface area contributed by atoms with Crippen LogP contribution in [0.5, 0.6) is 0 Å². The molecule has 3 rings (SSSR count). The fourth-order valence-corrected chi connectivity index (χ4v) is 4.43. The predicted octanol–water partition coefficient (Wildman–Crippen LogP) is 2.89. The number of carbonyl (C=O) groups excluding carboxylic acids is 1. The molecule has 1 unspecified atom stereocenters.